The van der Waals surface area contributed by atoms with Crippen LogP contribution in [0.5, 0.6) is 5.75 Å². The number of rotatable bonds is 3. The summed E-state index contributed by atoms with van der Waals surface area (Å²) in [6, 6.07) is 1.58. The van der Waals surface area contributed by atoms with Crippen molar-refractivity contribution in [2.24, 2.45) is 5.92 Å². The molecule has 0 saturated heterocycles. The van der Waals surface area contributed by atoms with Gasteiger partial charge in [-0.1, -0.05) is 25.8 Å². The molecule has 0 aliphatic heterocycles. The summed E-state index contributed by atoms with van der Waals surface area (Å²) in [6.07, 6.45) is 6.24. The lowest BCUT2D eigenvalue weighted by Gasteiger charge is -2.29. The molecule has 2 aliphatic rings. The van der Waals surface area contributed by atoms with E-state index in [4.69, 9.17) is 0 Å². The topological polar surface area (TPSA) is 32.3 Å². The second kappa shape index (κ2) is 6.59. The summed E-state index contributed by atoms with van der Waals surface area (Å²) in [5, 5.41) is 14.0. The molecule has 0 amide bonds. The molecule has 22 heavy (non-hydrogen) atoms. The Morgan fingerprint density at radius 1 is 1.36 bits per heavy atom. The maximum atomic E-state index is 14.7. The average Bonchev–Trinajstić information content (AvgIpc) is 2.85. The Morgan fingerprint density at radius 2 is 2.05 bits per heavy atom. The molecule has 2 aliphatic carbocycles. The summed E-state index contributed by atoms with van der Waals surface area (Å²) < 4.78 is 14.7. The monoisotopic (exact) mass is 325 g/mol. The van der Waals surface area contributed by atoms with Crippen LogP contribution in [0.2, 0.25) is 0 Å². The second-order valence-electron chi connectivity index (χ2n) is 6.47. The molecule has 2 N–H and O–H groups in total. The van der Waals surface area contributed by atoms with Gasteiger partial charge in [0.05, 0.1) is 0 Å². The van der Waals surface area contributed by atoms with E-state index in [9.17, 15) is 9.50 Å². The molecule has 4 unspecified atom stereocenters. The molecule has 2 nitrogen and oxygen atoms in total. The van der Waals surface area contributed by atoms with Crippen LogP contribution in [0.3, 0.4) is 0 Å². The Kier molecular flexibility index (Phi) is 5.18. The molecule has 4 heteroatoms. The molecule has 1 aromatic rings. The highest BCUT2D eigenvalue weighted by atomic mass is 35.5. The Bertz CT molecular complexity index is 575. The van der Waals surface area contributed by atoms with Gasteiger partial charge in [-0.2, -0.15) is 0 Å². The van der Waals surface area contributed by atoms with Gasteiger partial charge in [-0.3, -0.25) is 0 Å². The molecule has 0 aromatic heterocycles. The van der Waals surface area contributed by atoms with Crippen LogP contribution >= 0.6 is 12.4 Å². The van der Waals surface area contributed by atoms with E-state index in [2.05, 4.69) is 11.9 Å². The third kappa shape index (κ3) is 2.44. The van der Waals surface area contributed by atoms with Crippen molar-refractivity contribution in [1.29, 1.82) is 0 Å². The van der Waals surface area contributed by atoms with Crippen molar-refractivity contribution >= 4 is 12.4 Å². The fourth-order valence-electron chi connectivity index (χ4n) is 4.35. The fourth-order valence-corrected chi connectivity index (χ4v) is 4.35. The molecule has 1 fully saturated rings. The number of nitrogens with one attached hydrogen (secondary N) is 1. The van der Waals surface area contributed by atoms with E-state index in [1.54, 1.807) is 6.08 Å². The van der Waals surface area contributed by atoms with Crippen LogP contribution < -0.4 is 5.32 Å². The Morgan fingerprint density at radius 3 is 2.68 bits per heavy atom. The first-order valence-electron chi connectivity index (χ1n) is 7.95. The SMILES string of the molecule is C=CC(C)c1cc(F)c2c(c1O)C(NC)C1CCCCC21.Cl. The van der Waals surface area contributed by atoms with Crippen molar-refractivity contribution in [1.82, 2.24) is 5.32 Å². The van der Waals surface area contributed by atoms with Gasteiger partial charge in [-0.15, -0.1) is 19.0 Å². The van der Waals surface area contributed by atoms with Crippen LogP contribution in [0.1, 0.15) is 67.2 Å². The first-order valence-corrected chi connectivity index (χ1v) is 7.95. The van der Waals surface area contributed by atoms with Crippen LogP contribution in [-0.4, -0.2) is 12.2 Å². The predicted octanol–water partition coefficient (Wildman–Crippen LogP) is 4.79. The first-order chi connectivity index (χ1) is 10.1. The average molecular weight is 326 g/mol. The number of phenolic OH excluding ortho intramolecular Hbond substituents is 1. The third-order valence-corrected chi connectivity index (χ3v) is 5.44. The Labute approximate surface area is 138 Å². The largest absolute Gasteiger partial charge is 0.507 e. The van der Waals surface area contributed by atoms with Crippen molar-refractivity contribution in [3.8, 4) is 5.75 Å². The number of fused-ring (bicyclic) bond motifs is 3. The second-order valence-corrected chi connectivity index (χ2v) is 6.47. The maximum Gasteiger partial charge on any atom is 0.127 e. The van der Waals surface area contributed by atoms with E-state index in [1.165, 1.54) is 12.5 Å². The molecule has 122 valence electrons. The lowest BCUT2D eigenvalue weighted by molar-refractivity contribution is 0.268. The normalized spacial score (nSPS) is 27.5. The molecule has 4 atom stereocenters. The summed E-state index contributed by atoms with van der Waals surface area (Å²) >= 11 is 0. The highest BCUT2D eigenvalue weighted by Gasteiger charge is 2.45. The molecule has 0 heterocycles. The number of phenols is 1. The van der Waals surface area contributed by atoms with E-state index >= 15 is 0 Å². The third-order valence-electron chi connectivity index (χ3n) is 5.44. The molecule has 1 saturated carbocycles. The van der Waals surface area contributed by atoms with E-state index < -0.39 is 0 Å². The molecule has 1 aromatic carbocycles. The smallest absolute Gasteiger partial charge is 0.127 e. The van der Waals surface area contributed by atoms with Crippen LogP contribution in [-0.2, 0) is 0 Å². The number of benzene rings is 1. The van der Waals surface area contributed by atoms with Crippen LogP contribution in [0.15, 0.2) is 18.7 Å². The number of hydrogen-bond donors (Lipinski definition) is 2. The lowest BCUT2D eigenvalue weighted by Crippen LogP contribution is -2.25. The lowest BCUT2D eigenvalue weighted by atomic mass is 9.78. The van der Waals surface area contributed by atoms with Crippen molar-refractivity contribution in [3.63, 3.8) is 0 Å². The minimum atomic E-state index is -0.152. The molecular weight excluding hydrogens is 301 g/mol. The van der Waals surface area contributed by atoms with Crippen LogP contribution in [0, 0.1) is 11.7 Å². The zero-order chi connectivity index (χ0) is 15.1. The zero-order valence-corrected chi connectivity index (χ0v) is 14.0. The molecule has 0 bridgehead atoms. The van der Waals surface area contributed by atoms with Gasteiger partial charge < -0.3 is 10.4 Å². The van der Waals surface area contributed by atoms with Crippen molar-refractivity contribution in [2.75, 3.05) is 7.05 Å². The number of halogens is 2. The zero-order valence-electron chi connectivity index (χ0n) is 13.2. The minimum absolute atomic E-state index is 0. The standard InChI is InChI=1S/C18H24FNO.ClH/c1-4-10(2)13-9-14(19)15-11-7-5-6-8-12(11)17(20-3)16(15)18(13)21;/h4,9-12,17,20-21H,1,5-8H2,2-3H3;1H. The first kappa shape index (κ1) is 17.3. The molecule has 0 radical (unpaired) electrons. The van der Waals surface area contributed by atoms with Gasteiger partial charge in [0.25, 0.3) is 0 Å². The van der Waals surface area contributed by atoms with Gasteiger partial charge in [0.1, 0.15) is 11.6 Å². The van der Waals surface area contributed by atoms with E-state index in [1.807, 2.05) is 14.0 Å². The van der Waals surface area contributed by atoms with Crippen LogP contribution in [0.4, 0.5) is 4.39 Å². The molecule has 3 rings (SSSR count). The van der Waals surface area contributed by atoms with Gasteiger partial charge in [-0.05, 0) is 43.4 Å². The molecule has 0 spiro atoms. The summed E-state index contributed by atoms with van der Waals surface area (Å²) in [5.74, 6) is 0.734. The minimum Gasteiger partial charge on any atom is -0.507 e. The highest BCUT2D eigenvalue weighted by Crippen LogP contribution is 2.56. The van der Waals surface area contributed by atoms with Crippen molar-refractivity contribution in [2.45, 2.75) is 50.5 Å². The quantitative estimate of drug-likeness (QED) is 0.783. The van der Waals surface area contributed by atoms with E-state index in [0.717, 1.165) is 30.4 Å². The van der Waals surface area contributed by atoms with Crippen LogP contribution in [0.25, 0.3) is 0 Å². The van der Waals surface area contributed by atoms with Gasteiger partial charge in [0.15, 0.2) is 0 Å². The Hall–Kier alpha value is -1.06. The number of allylic oxidation sites excluding steroid dienone is 1. The van der Waals surface area contributed by atoms with Gasteiger partial charge in [0, 0.05) is 23.1 Å². The van der Waals surface area contributed by atoms with E-state index in [-0.39, 0.29) is 41.9 Å². The van der Waals surface area contributed by atoms with Gasteiger partial charge in [0.2, 0.25) is 0 Å². The maximum absolute atomic E-state index is 14.7. The highest BCUT2D eigenvalue weighted by molar-refractivity contribution is 5.85. The summed E-state index contributed by atoms with van der Waals surface area (Å²) in [4.78, 5) is 0. The predicted molar refractivity (Wildman–Crippen MR) is 90.4 cm³/mol. The Balaban J connectivity index is 0.00000176. The van der Waals surface area contributed by atoms with E-state index in [0.29, 0.717) is 11.5 Å². The molecular formula is C18H25ClFNO. The summed E-state index contributed by atoms with van der Waals surface area (Å²) in [7, 11) is 1.91. The number of hydrogen-bond acceptors (Lipinski definition) is 2. The summed E-state index contributed by atoms with van der Waals surface area (Å²) in [6.45, 7) is 5.70. The summed E-state index contributed by atoms with van der Waals surface area (Å²) in [5.41, 5.74) is 2.22. The van der Waals surface area contributed by atoms with Gasteiger partial charge in [-0.25, -0.2) is 4.39 Å². The fraction of sp³-hybridized carbons (Fsp3) is 0.556. The van der Waals surface area contributed by atoms with Crippen molar-refractivity contribution in [3.05, 3.63) is 41.2 Å². The van der Waals surface area contributed by atoms with Gasteiger partial charge >= 0.3 is 0 Å². The number of aromatic hydroxyl groups is 1. The van der Waals surface area contributed by atoms with Crippen molar-refractivity contribution < 1.29 is 9.50 Å².